The molecule has 0 bridgehead atoms. The quantitative estimate of drug-likeness (QED) is 0.594. The molecule has 4 nitrogen and oxygen atoms in total. The lowest BCUT2D eigenvalue weighted by Crippen LogP contribution is -2.47. The number of aliphatic hydroxyl groups is 1. The number of rotatable bonds is 8. The Bertz CT molecular complexity index is 765. The highest BCUT2D eigenvalue weighted by atomic mass is 32.2. The summed E-state index contributed by atoms with van der Waals surface area (Å²) >= 11 is 1.60. The van der Waals surface area contributed by atoms with Crippen LogP contribution in [0.1, 0.15) is 19.8 Å². The Morgan fingerprint density at radius 2 is 1.87 bits per heavy atom. The van der Waals surface area contributed by atoms with Crippen LogP contribution in [-0.2, 0) is 0 Å². The average Bonchev–Trinajstić information content (AvgIpc) is 2.75. The fourth-order valence-electron chi connectivity index (χ4n) is 4.12. The lowest BCUT2D eigenvalue weighted by Gasteiger charge is -2.40. The van der Waals surface area contributed by atoms with Crippen molar-refractivity contribution in [1.82, 2.24) is 14.7 Å². The lowest BCUT2D eigenvalue weighted by atomic mass is 10.1. The van der Waals surface area contributed by atoms with Gasteiger partial charge < -0.3 is 14.9 Å². The maximum absolute atomic E-state index is 13.3. The Morgan fingerprint density at radius 1 is 1.19 bits per heavy atom. The molecule has 0 amide bonds. The van der Waals surface area contributed by atoms with Crippen molar-refractivity contribution in [3.8, 4) is 0 Å². The summed E-state index contributed by atoms with van der Waals surface area (Å²) in [5, 5.41) is 9.30. The summed E-state index contributed by atoms with van der Waals surface area (Å²) in [7, 11) is 0. The summed E-state index contributed by atoms with van der Waals surface area (Å²) in [6, 6.07) is 0. The van der Waals surface area contributed by atoms with Gasteiger partial charge in [-0.3, -0.25) is 4.90 Å². The van der Waals surface area contributed by atoms with Gasteiger partial charge in [0.1, 0.15) is 0 Å². The largest absolute Gasteiger partial charge is 0.412 e. The molecule has 0 radical (unpaired) electrons. The van der Waals surface area contributed by atoms with Crippen LogP contribution in [0.3, 0.4) is 0 Å². The second-order valence-corrected chi connectivity index (χ2v) is 9.30. The molecule has 0 aromatic carbocycles. The van der Waals surface area contributed by atoms with Gasteiger partial charge >= 0.3 is 6.18 Å². The van der Waals surface area contributed by atoms with Crippen molar-refractivity contribution in [2.45, 2.75) is 31.2 Å². The Balaban J connectivity index is 1.73. The Hall–Kier alpha value is -1.48. The Morgan fingerprint density at radius 3 is 2.48 bits per heavy atom. The molecule has 8 heteroatoms. The number of nitrogens with zero attached hydrogens (tertiary/aromatic N) is 3. The molecule has 0 saturated carbocycles. The van der Waals surface area contributed by atoms with Gasteiger partial charge in [0.15, 0.2) is 0 Å². The van der Waals surface area contributed by atoms with E-state index in [1.54, 1.807) is 17.8 Å². The van der Waals surface area contributed by atoms with Crippen LogP contribution in [0.25, 0.3) is 0 Å². The minimum absolute atomic E-state index is 0.184. The molecular weight excluding hydrogens is 423 g/mol. The number of allylic oxidation sites excluding steroid dienone is 6. The van der Waals surface area contributed by atoms with Crippen LogP contribution in [0.2, 0.25) is 0 Å². The third kappa shape index (κ3) is 6.28. The number of β-amino-alcohol motifs (C(OH)–C–C–N with tert-alkyl or cyclic N) is 1. The average molecular weight is 456 g/mol. The third-order valence-electron chi connectivity index (χ3n) is 5.93. The zero-order valence-electron chi connectivity index (χ0n) is 18.1. The van der Waals surface area contributed by atoms with Gasteiger partial charge in [0, 0.05) is 55.4 Å². The van der Waals surface area contributed by atoms with Crippen molar-refractivity contribution in [3.05, 3.63) is 58.8 Å². The van der Waals surface area contributed by atoms with E-state index in [4.69, 9.17) is 5.11 Å². The van der Waals surface area contributed by atoms with Gasteiger partial charge in [0.05, 0.1) is 17.6 Å². The number of fused-ring (bicyclic) bond motifs is 1. The first kappa shape index (κ1) is 24.2. The first-order valence-corrected chi connectivity index (χ1v) is 11.7. The number of halogens is 3. The molecular formula is C23H32F3N3OS. The van der Waals surface area contributed by atoms with Crippen molar-refractivity contribution in [1.29, 1.82) is 0 Å². The Labute approximate surface area is 187 Å². The second-order valence-electron chi connectivity index (χ2n) is 8.05. The highest BCUT2D eigenvalue weighted by Crippen LogP contribution is 2.44. The molecule has 0 aromatic heterocycles. The molecule has 31 heavy (non-hydrogen) atoms. The van der Waals surface area contributed by atoms with E-state index >= 15 is 0 Å². The van der Waals surface area contributed by atoms with Crippen LogP contribution in [0, 0.1) is 0 Å². The zero-order chi connectivity index (χ0) is 22.4. The first-order chi connectivity index (χ1) is 14.8. The predicted octanol–water partition coefficient (Wildman–Crippen LogP) is 4.15. The van der Waals surface area contributed by atoms with Gasteiger partial charge in [-0.05, 0) is 38.5 Å². The van der Waals surface area contributed by atoms with Crippen molar-refractivity contribution < 1.29 is 18.3 Å². The molecule has 1 saturated heterocycles. The summed E-state index contributed by atoms with van der Waals surface area (Å²) in [6.45, 7) is 11.3. The van der Waals surface area contributed by atoms with Gasteiger partial charge in [-0.15, -0.1) is 11.8 Å². The summed E-state index contributed by atoms with van der Waals surface area (Å²) in [6.07, 6.45) is 6.48. The van der Waals surface area contributed by atoms with Gasteiger partial charge in [-0.25, -0.2) is 0 Å². The van der Waals surface area contributed by atoms with Gasteiger partial charge in [-0.2, -0.15) is 13.2 Å². The fraction of sp³-hybridized carbons (Fsp3) is 0.565. The van der Waals surface area contributed by atoms with Crippen molar-refractivity contribution in [2.75, 3.05) is 52.4 Å². The first-order valence-electron chi connectivity index (χ1n) is 10.8. The number of aliphatic hydroxyl groups excluding tert-OH is 1. The molecule has 1 atom stereocenters. The minimum atomic E-state index is -4.35. The molecule has 172 valence electrons. The van der Waals surface area contributed by atoms with Crippen molar-refractivity contribution in [2.24, 2.45) is 0 Å². The van der Waals surface area contributed by atoms with Gasteiger partial charge in [0.25, 0.3) is 0 Å². The number of hydrogen-bond donors (Lipinski definition) is 1. The number of hydrogen-bond acceptors (Lipinski definition) is 5. The van der Waals surface area contributed by atoms with E-state index in [0.29, 0.717) is 18.8 Å². The van der Waals surface area contributed by atoms with Crippen molar-refractivity contribution in [3.63, 3.8) is 0 Å². The van der Waals surface area contributed by atoms with E-state index in [9.17, 15) is 13.2 Å². The van der Waals surface area contributed by atoms with E-state index in [1.165, 1.54) is 6.08 Å². The fourth-order valence-corrected chi connectivity index (χ4v) is 5.35. The van der Waals surface area contributed by atoms with E-state index in [1.807, 2.05) is 12.2 Å². The molecule has 3 rings (SSSR count). The van der Waals surface area contributed by atoms with Crippen LogP contribution in [0.5, 0.6) is 0 Å². The topological polar surface area (TPSA) is 30.0 Å². The van der Waals surface area contributed by atoms with Crippen LogP contribution in [0.15, 0.2) is 58.8 Å². The van der Waals surface area contributed by atoms with Gasteiger partial charge in [0.2, 0.25) is 0 Å². The lowest BCUT2D eigenvalue weighted by molar-refractivity contribution is -0.0914. The highest BCUT2D eigenvalue weighted by Gasteiger charge is 2.34. The molecule has 1 N–H and O–H groups in total. The predicted molar refractivity (Wildman–Crippen MR) is 122 cm³/mol. The van der Waals surface area contributed by atoms with E-state index in [2.05, 4.69) is 27.4 Å². The molecule has 2 aliphatic heterocycles. The smallest absolute Gasteiger partial charge is 0.395 e. The molecule has 1 aliphatic carbocycles. The van der Waals surface area contributed by atoms with Crippen LogP contribution in [-0.4, -0.2) is 83.7 Å². The molecule has 1 unspecified atom stereocenters. The minimum Gasteiger partial charge on any atom is -0.395 e. The van der Waals surface area contributed by atoms with E-state index in [0.717, 1.165) is 63.1 Å². The maximum atomic E-state index is 13.3. The summed E-state index contributed by atoms with van der Waals surface area (Å²) in [5.74, 6) is 0. The van der Waals surface area contributed by atoms with E-state index < -0.39 is 11.7 Å². The number of alkyl halides is 3. The molecule has 1 fully saturated rings. The SMILES string of the molecule is C=CC1=C(/C=C(\C)C(F)(F)F)N(CCCN2CCN(CCO)CC2)C2=CC=CCC2S1. The molecule has 0 spiro atoms. The van der Waals surface area contributed by atoms with Crippen molar-refractivity contribution >= 4 is 11.8 Å². The highest BCUT2D eigenvalue weighted by molar-refractivity contribution is 8.04. The standard InChI is InChI=1S/C23H32F3N3OS/c1-3-21-20(17-18(2)23(24,25)26)29(19-7-4-5-8-22(19)31-21)10-6-9-27-11-13-28(14-12-27)15-16-30/h3-5,7,17,22,30H,1,6,8-16H2,2H3/b18-17+. The molecule has 2 heterocycles. The normalized spacial score (nSPS) is 23.8. The Kier molecular flexibility index (Phi) is 8.50. The summed E-state index contributed by atoms with van der Waals surface area (Å²) in [4.78, 5) is 7.52. The molecule has 3 aliphatic rings. The third-order valence-corrected chi connectivity index (χ3v) is 7.28. The monoisotopic (exact) mass is 455 g/mol. The van der Waals surface area contributed by atoms with Crippen LogP contribution >= 0.6 is 11.8 Å². The van der Waals surface area contributed by atoms with Crippen LogP contribution in [0.4, 0.5) is 13.2 Å². The summed E-state index contributed by atoms with van der Waals surface area (Å²) < 4.78 is 39.8. The zero-order valence-corrected chi connectivity index (χ0v) is 18.9. The molecule has 0 aromatic rings. The second kappa shape index (κ2) is 10.9. The van der Waals surface area contributed by atoms with E-state index in [-0.39, 0.29) is 11.9 Å². The number of piperazine rings is 1. The van der Waals surface area contributed by atoms with Crippen LogP contribution < -0.4 is 0 Å². The number of thioether (sulfide) groups is 1. The van der Waals surface area contributed by atoms with Gasteiger partial charge in [-0.1, -0.05) is 24.8 Å². The maximum Gasteiger partial charge on any atom is 0.412 e. The summed E-state index contributed by atoms with van der Waals surface area (Å²) in [5.41, 5.74) is 1.07.